The van der Waals surface area contributed by atoms with Crippen molar-refractivity contribution in [2.45, 2.75) is 37.7 Å². The summed E-state index contributed by atoms with van der Waals surface area (Å²) in [6.07, 6.45) is -6.99. The second-order valence-electron chi connectivity index (χ2n) is 7.32. The van der Waals surface area contributed by atoms with Crippen LogP contribution in [0.25, 0.3) is 0 Å². The van der Waals surface area contributed by atoms with E-state index in [0.29, 0.717) is 32.2 Å². The van der Waals surface area contributed by atoms with Crippen LogP contribution in [0.5, 0.6) is 0 Å². The summed E-state index contributed by atoms with van der Waals surface area (Å²) in [5.74, 6) is -5.51. The van der Waals surface area contributed by atoms with Crippen LogP contribution in [0.1, 0.15) is 19.3 Å². The van der Waals surface area contributed by atoms with Crippen LogP contribution in [0.15, 0.2) is 0 Å². The molecule has 0 saturated carbocycles. The monoisotopic (exact) mass is 516 g/mol. The van der Waals surface area contributed by atoms with Crippen molar-refractivity contribution in [3.8, 4) is 0 Å². The molecule has 0 bridgehead atoms. The van der Waals surface area contributed by atoms with Gasteiger partial charge in [0.2, 0.25) is 0 Å². The van der Waals surface area contributed by atoms with Crippen molar-refractivity contribution in [2.75, 3.05) is 52.4 Å². The normalized spacial score (nSPS) is 21.6. The Balaban J connectivity index is 0.000000324. The quantitative estimate of drug-likeness (QED) is 0.465. The Bertz CT molecular complexity index is 722. The molecule has 33 heavy (non-hydrogen) atoms. The van der Waals surface area contributed by atoms with E-state index in [1.165, 1.54) is 0 Å². The highest BCUT2D eigenvalue weighted by Crippen LogP contribution is 2.19. The molecule has 0 aromatic rings. The minimum Gasteiger partial charge on any atom is -0.475 e. The molecule has 10 nitrogen and oxygen atoms in total. The lowest BCUT2D eigenvalue weighted by Gasteiger charge is -2.43. The van der Waals surface area contributed by atoms with Gasteiger partial charge >= 0.3 is 24.3 Å². The van der Waals surface area contributed by atoms with Gasteiger partial charge < -0.3 is 15.5 Å². The Morgan fingerprint density at radius 2 is 1.09 bits per heavy atom. The molecule has 0 amide bonds. The third kappa shape index (κ3) is 9.60. The first-order valence-electron chi connectivity index (χ1n) is 9.87. The van der Waals surface area contributed by atoms with Gasteiger partial charge in [0, 0.05) is 58.4 Å². The molecule has 0 atom stereocenters. The number of piperazine rings is 1. The molecule has 0 spiro atoms. The first kappa shape index (κ1) is 29.3. The molecule has 3 N–H and O–H groups in total. The van der Waals surface area contributed by atoms with Gasteiger partial charge in [0.15, 0.2) is 0 Å². The third-order valence-electron chi connectivity index (χ3n) is 5.00. The maximum atomic E-state index is 12.5. The summed E-state index contributed by atoms with van der Waals surface area (Å²) in [5.41, 5.74) is 0. The van der Waals surface area contributed by atoms with Gasteiger partial charge in [0.05, 0.1) is 0 Å². The number of nitrogens with one attached hydrogen (secondary N) is 1. The predicted octanol–water partition coefficient (Wildman–Crippen LogP) is 0.573. The number of aliphatic carboxylic acids is 2. The lowest BCUT2D eigenvalue weighted by Crippen LogP contribution is -2.62. The lowest BCUT2D eigenvalue weighted by atomic mass is 10.1. The predicted molar refractivity (Wildman–Crippen MR) is 102 cm³/mol. The summed E-state index contributed by atoms with van der Waals surface area (Å²) in [7, 11) is -3.20. The van der Waals surface area contributed by atoms with Crippen LogP contribution in [-0.4, -0.2) is 115 Å². The summed E-state index contributed by atoms with van der Waals surface area (Å²) in [4.78, 5) is 20.2. The first-order chi connectivity index (χ1) is 15.1. The van der Waals surface area contributed by atoms with E-state index in [0.717, 1.165) is 45.4 Å². The van der Waals surface area contributed by atoms with Crippen molar-refractivity contribution in [3.05, 3.63) is 0 Å². The van der Waals surface area contributed by atoms with Crippen molar-refractivity contribution in [1.29, 1.82) is 0 Å². The molecule has 17 heteroatoms. The van der Waals surface area contributed by atoms with E-state index in [1.807, 2.05) is 0 Å². The zero-order valence-corrected chi connectivity index (χ0v) is 18.2. The van der Waals surface area contributed by atoms with Gasteiger partial charge in [0.1, 0.15) is 0 Å². The van der Waals surface area contributed by atoms with Gasteiger partial charge in [0.25, 0.3) is 10.2 Å². The van der Waals surface area contributed by atoms with E-state index in [-0.39, 0.29) is 0 Å². The molecule has 0 aromatic heterocycles. The lowest BCUT2D eigenvalue weighted by molar-refractivity contribution is -0.193. The average molecular weight is 516 g/mol. The van der Waals surface area contributed by atoms with Crippen molar-refractivity contribution in [1.82, 2.24) is 18.8 Å². The number of halogens is 6. The van der Waals surface area contributed by atoms with E-state index in [1.54, 1.807) is 8.61 Å². The van der Waals surface area contributed by atoms with E-state index in [2.05, 4.69) is 10.2 Å². The number of hydrogen-bond acceptors (Lipinski definition) is 6. The average Bonchev–Trinajstić information content (AvgIpc) is 2.67. The molecular weight excluding hydrogens is 490 g/mol. The summed E-state index contributed by atoms with van der Waals surface area (Å²) in [5, 5.41) is 17.5. The molecule has 0 aliphatic carbocycles. The second-order valence-corrected chi connectivity index (χ2v) is 9.25. The second kappa shape index (κ2) is 12.1. The van der Waals surface area contributed by atoms with Crippen LogP contribution in [-0.2, 0) is 19.8 Å². The molecule has 194 valence electrons. The minimum absolute atomic E-state index is 0.625. The van der Waals surface area contributed by atoms with Crippen molar-refractivity contribution < 1.29 is 54.6 Å². The van der Waals surface area contributed by atoms with Crippen molar-refractivity contribution >= 4 is 22.1 Å². The topological polar surface area (TPSA) is 130 Å². The van der Waals surface area contributed by atoms with Gasteiger partial charge in [-0.2, -0.15) is 43.4 Å². The highest BCUT2D eigenvalue weighted by Gasteiger charge is 2.39. The molecule has 3 aliphatic rings. The molecule has 0 radical (unpaired) electrons. The van der Waals surface area contributed by atoms with Crippen LogP contribution in [0.2, 0.25) is 0 Å². The number of nitrogens with zero attached hydrogens (tertiary/aromatic N) is 3. The fraction of sp³-hybridized carbons (Fsp3) is 0.875. The molecule has 3 saturated heterocycles. The standard InChI is InChI=1S/C12H24N4O2S.2C2HF3O2/c17-19(18,15-4-2-1-3-5-15)16-8-6-14(7-9-16)12-10-13-11-12;2*3-2(4,5)1(6)7/h12-13H,1-11H2;2*(H,6,7). The van der Waals surface area contributed by atoms with Gasteiger partial charge in [-0.1, -0.05) is 6.42 Å². The fourth-order valence-corrected chi connectivity index (χ4v) is 4.76. The largest absolute Gasteiger partial charge is 0.490 e. The maximum Gasteiger partial charge on any atom is 0.490 e. The Morgan fingerprint density at radius 1 is 0.727 bits per heavy atom. The van der Waals surface area contributed by atoms with E-state index >= 15 is 0 Å². The molecule has 3 rings (SSSR count). The van der Waals surface area contributed by atoms with E-state index < -0.39 is 34.5 Å². The number of piperidine rings is 1. The number of alkyl halides is 6. The molecule has 0 unspecified atom stereocenters. The SMILES string of the molecule is O=C(O)C(F)(F)F.O=C(O)C(F)(F)F.O=S(=O)(N1CCCCC1)N1CCN(C2CNC2)CC1. The highest BCUT2D eigenvalue weighted by atomic mass is 32.2. The van der Waals surface area contributed by atoms with Crippen LogP contribution >= 0.6 is 0 Å². The zero-order valence-electron chi connectivity index (χ0n) is 17.4. The molecule has 3 aliphatic heterocycles. The van der Waals surface area contributed by atoms with Crippen molar-refractivity contribution in [3.63, 3.8) is 0 Å². The highest BCUT2D eigenvalue weighted by molar-refractivity contribution is 7.86. The molecule has 3 heterocycles. The minimum atomic E-state index is -5.08. The molecule has 0 aromatic carbocycles. The maximum absolute atomic E-state index is 12.5. The van der Waals surface area contributed by atoms with E-state index in [9.17, 15) is 34.8 Å². The summed E-state index contributed by atoms with van der Waals surface area (Å²) in [6, 6.07) is 0.625. The third-order valence-corrected chi connectivity index (χ3v) is 7.04. The van der Waals surface area contributed by atoms with E-state index in [4.69, 9.17) is 19.8 Å². The van der Waals surface area contributed by atoms with Gasteiger partial charge in [-0.3, -0.25) is 4.90 Å². The summed E-state index contributed by atoms with van der Waals surface area (Å²) in [6.45, 7) is 6.56. The molecule has 3 fully saturated rings. The van der Waals surface area contributed by atoms with Gasteiger partial charge in [-0.05, 0) is 12.8 Å². The Morgan fingerprint density at radius 3 is 1.39 bits per heavy atom. The van der Waals surface area contributed by atoms with Gasteiger partial charge in [-0.15, -0.1) is 0 Å². The van der Waals surface area contributed by atoms with Crippen LogP contribution in [0, 0.1) is 0 Å². The van der Waals surface area contributed by atoms with Crippen LogP contribution in [0.4, 0.5) is 26.3 Å². The number of hydrogen-bond donors (Lipinski definition) is 3. The Labute approximate surface area is 186 Å². The van der Waals surface area contributed by atoms with Crippen LogP contribution < -0.4 is 5.32 Å². The Kier molecular flexibility index (Phi) is 10.8. The number of rotatable bonds is 3. The summed E-state index contributed by atoms with van der Waals surface area (Å²) < 4.78 is 91.9. The first-order valence-corrected chi connectivity index (χ1v) is 11.3. The Hall–Kier alpha value is -1.69. The zero-order chi connectivity index (χ0) is 25.4. The fourth-order valence-electron chi connectivity index (χ4n) is 3.09. The number of carbonyl (C=O) groups is 2. The summed E-state index contributed by atoms with van der Waals surface area (Å²) >= 11 is 0. The smallest absolute Gasteiger partial charge is 0.475 e. The van der Waals surface area contributed by atoms with Gasteiger partial charge in [-0.25, -0.2) is 9.59 Å². The van der Waals surface area contributed by atoms with Crippen LogP contribution in [0.3, 0.4) is 0 Å². The number of carboxylic acids is 2. The van der Waals surface area contributed by atoms with Crippen molar-refractivity contribution in [2.24, 2.45) is 0 Å². The number of carboxylic acid groups (broad SMARTS) is 2. The molecular formula is C16H26F6N4O6S.